The van der Waals surface area contributed by atoms with Gasteiger partial charge in [-0.15, -0.1) is 22.7 Å². The summed E-state index contributed by atoms with van der Waals surface area (Å²) in [6, 6.07) is 10.1. The number of nitrogens with one attached hydrogen (secondary N) is 3. The molecule has 0 fully saturated rings. The van der Waals surface area contributed by atoms with E-state index in [-0.39, 0.29) is 30.7 Å². The Kier molecular flexibility index (Phi) is 10.0. The molecule has 2 atom stereocenters. The number of nitrogens with zero attached hydrogens (tertiary/aromatic N) is 3. The van der Waals surface area contributed by atoms with Gasteiger partial charge < -0.3 is 16.4 Å². The van der Waals surface area contributed by atoms with Crippen LogP contribution in [0.1, 0.15) is 96.2 Å². The minimum atomic E-state index is -0.196. The predicted molar refractivity (Wildman–Crippen MR) is 191 cm³/mol. The fraction of sp³-hybridized carbons (Fsp3) is 0.500. The lowest BCUT2D eigenvalue weighted by Crippen LogP contribution is -2.32. The summed E-state index contributed by atoms with van der Waals surface area (Å²) in [5, 5.41) is 23.1. The van der Waals surface area contributed by atoms with Gasteiger partial charge in [-0.1, -0.05) is 41.5 Å². The number of hydrogen-bond acceptors (Lipinski definition) is 8. The molecule has 9 nitrogen and oxygen atoms in total. The molecule has 6 rings (SSSR count). The van der Waals surface area contributed by atoms with Crippen molar-refractivity contribution in [1.82, 2.24) is 20.6 Å². The first-order chi connectivity index (χ1) is 22.1. The highest BCUT2D eigenvalue weighted by molar-refractivity contribution is 7.20. The number of thiophene rings is 2. The number of fused-ring (bicyclic) bond motifs is 4. The van der Waals surface area contributed by atoms with Crippen LogP contribution in [0.5, 0.6) is 0 Å². The van der Waals surface area contributed by atoms with Crippen LogP contribution in [0.25, 0.3) is 20.4 Å². The molecule has 4 heterocycles. The number of amidine groups is 1. The van der Waals surface area contributed by atoms with E-state index >= 15 is 0 Å². The highest BCUT2D eigenvalue weighted by Gasteiger charge is 2.31. The first kappa shape index (κ1) is 34.5. The summed E-state index contributed by atoms with van der Waals surface area (Å²) >= 11 is 2.80. The lowest BCUT2D eigenvalue weighted by atomic mass is 9.71. The molecule has 4 aromatic heterocycles. The van der Waals surface area contributed by atoms with Gasteiger partial charge in [0, 0.05) is 22.2 Å². The van der Waals surface area contributed by atoms with E-state index in [1.165, 1.54) is 58.0 Å². The third-order valence-electron chi connectivity index (χ3n) is 9.41. The van der Waals surface area contributed by atoms with Crippen LogP contribution >= 0.6 is 22.7 Å². The molecule has 0 aromatic carbocycles. The van der Waals surface area contributed by atoms with Gasteiger partial charge in [0.15, 0.2) is 0 Å². The standard InChI is InChI=1S/C18H24N4OS.C18H21N3OS/c1-18(2,3)12-4-5-13-10(7-12)6-11-8-14(24-17(11)22-13)16(23)21-9-15(19)20;1-18(2,3)13-4-5-14-11(9-13)8-12-10-15(23-17(12)21-14)16(22)20-7-6-19/h6,8,12H,4-5,7,9H2,1-3H3,(H3,19,20)(H,21,23);8,10,13H,4-5,7,9H2,1-3H3,(H,20,22). The Morgan fingerprint density at radius 1 is 0.851 bits per heavy atom. The van der Waals surface area contributed by atoms with Crippen LogP contribution in [0, 0.1) is 39.4 Å². The van der Waals surface area contributed by atoms with Crippen LogP contribution in [-0.2, 0) is 25.7 Å². The van der Waals surface area contributed by atoms with Crippen molar-refractivity contribution >= 4 is 60.8 Å². The van der Waals surface area contributed by atoms with Gasteiger partial charge in [-0.3, -0.25) is 15.0 Å². The number of carbonyl (C=O) groups excluding carboxylic acids is 2. The quantitative estimate of drug-likeness (QED) is 0.104. The van der Waals surface area contributed by atoms with E-state index in [0.717, 1.165) is 46.1 Å². The van der Waals surface area contributed by atoms with Crippen molar-refractivity contribution in [3.05, 3.63) is 56.5 Å². The summed E-state index contributed by atoms with van der Waals surface area (Å²) in [5.41, 5.74) is 10.9. The van der Waals surface area contributed by atoms with Gasteiger partial charge in [0.25, 0.3) is 11.8 Å². The Labute approximate surface area is 284 Å². The van der Waals surface area contributed by atoms with Gasteiger partial charge in [0.2, 0.25) is 0 Å². The zero-order chi connectivity index (χ0) is 34.1. The first-order valence-corrected chi connectivity index (χ1v) is 17.9. The molecule has 2 aliphatic rings. The summed E-state index contributed by atoms with van der Waals surface area (Å²) in [6.45, 7) is 13.9. The Balaban J connectivity index is 0.000000185. The van der Waals surface area contributed by atoms with E-state index in [2.05, 4.69) is 64.3 Å². The highest BCUT2D eigenvalue weighted by atomic mass is 32.1. The summed E-state index contributed by atoms with van der Waals surface area (Å²) < 4.78 is 0. The van der Waals surface area contributed by atoms with Crippen molar-refractivity contribution < 1.29 is 9.59 Å². The number of rotatable bonds is 5. The zero-order valence-electron chi connectivity index (χ0n) is 28.2. The van der Waals surface area contributed by atoms with Crippen LogP contribution in [0.4, 0.5) is 0 Å². The van der Waals surface area contributed by atoms with E-state index in [1.807, 2.05) is 18.2 Å². The summed E-state index contributed by atoms with van der Waals surface area (Å²) in [5.74, 6) is 0.901. The Bertz CT molecular complexity index is 1870. The summed E-state index contributed by atoms with van der Waals surface area (Å²) in [7, 11) is 0. The number of hydrogen-bond donors (Lipinski definition) is 4. The molecule has 4 aromatic rings. The second kappa shape index (κ2) is 13.7. The number of nitriles is 1. The van der Waals surface area contributed by atoms with Crippen molar-refractivity contribution in [3.63, 3.8) is 0 Å². The van der Waals surface area contributed by atoms with Crippen LogP contribution in [0.2, 0.25) is 0 Å². The number of amides is 2. The third-order valence-corrected chi connectivity index (χ3v) is 11.5. The zero-order valence-corrected chi connectivity index (χ0v) is 29.8. The number of aromatic nitrogens is 2. The van der Waals surface area contributed by atoms with Crippen LogP contribution in [0.15, 0.2) is 24.3 Å². The average Bonchev–Trinajstić information content (AvgIpc) is 3.62. The van der Waals surface area contributed by atoms with Crippen LogP contribution in [-0.4, -0.2) is 40.7 Å². The first-order valence-electron chi connectivity index (χ1n) is 16.2. The van der Waals surface area contributed by atoms with E-state index in [9.17, 15) is 9.59 Å². The smallest absolute Gasteiger partial charge is 0.262 e. The molecule has 11 heteroatoms. The van der Waals surface area contributed by atoms with Crippen molar-refractivity contribution in [2.75, 3.05) is 13.1 Å². The van der Waals surface area contributed by atoms with E-state index in [4.69, 9.17) is 26.4 Å². The van der Waals surface area contributed by atoms with Gasteiger partial charge in [0.05, 0.1) is 22.4 Å². The van der Waals surface area contributed by atoms with Crippen molar-refractivity contribution in [2.24, 2.45) is 28.4 Å². The molecular weight excluding hydrogens is 627 g/mol. The van der Waals surface area contributed by atoms with E-state index < -0.39 is 0 Å². The summed E-state index contributed by atoms with van der Waals surface area (Å²) in [6.07, 6.45) is 6.50. The van der Waals surface area contributed by atoms with Crippen LogP contribution < -0.4 is 16.4 Å². The maximum absolute atomic E-state index is 12.1. The maximum Gasteiger partial charge on any atom is 0.262 e. The molecule has 0 bridgehead atoms. The predicted octanol–water partition coefficient (Wildman–Crippen LogP) is 6.81. The second-order valence-electron chi connectivity index (χ2n) is 14.9. The molecule has 0 saturated heterocycles. The Morgan fingerprint density at radius 2 is 1.30 bits per heavy atom. The van der Waals surface area contributed by atoms with Crippen molar-refractivity contribution in [2.45, 2.75) is 80.1 Å². The van der Waals surface area contributed by atoms with Crippen molar-refractivity contribution in [3.8, 4) is 6.07 Å². The summed E-state index contributed by atoms with van der Waals surface area (Å²) in [4.78, 5) is 36.8. The molecule has 0 saturated carbocycles. The topological polar surface area (TPSA) is 158 Å². The molecule has 2 amide bonds. The number of pyridine rings is 2. The monoisotopic (exact) mass is 671 g/mol. The number of aryl methyl sites for hydroxylation is 2. The molecule has 2 unspecified atom stereocenters. The lowest BCUT2D eigenvalue weighted by Gasteiger charge is -2.34. The molecule has 248 valence electrons. The second-order valence-corrected chi connectivity index (χ2v) is 16.9. The molecule has 0 aliphatic heterocycles. The fourth-order valence-corrected chi connectivity index (χ4v) is 8.32. The Morgan fingerprint density at radius 3 is 1.70 bits per heavy atom. The van der Waals surface area contributed by atoms with Crippen LogP contribution in [0.3, 0.4) is 0 Å². The molecule has 47 heavy (non-hydrogen) atoms. The van der Waals surface area contributed by atoms with Gasteiger partial charge >= 0.3 is 0 Å². The molecular formula is C36H45N7O2S2. The Hall–Kier alpha value is -3.88. The van der Waals surface area contributed by atoms with Gasteiger partial charge in [-0.05, 0) is 96.6 Å². The fourth-order valence-electron chi connectivity index (χ4n) is 6.42. The third kappa shape index (κ3) is 8.17. The normalized spacial score (nSPS) is 17.6. The molecule has 0 radical (unpaired) electrons. The molecule has 2 aliphatic carbocycles. The van der Waals surface area contributed by atoms with Gasteiger partial charge in [0.1, 0.15) is 22.0 Å². The molecule has 0 spiro atoms. The van der Waals surface area contributed by atoms with Gasteiger partial charge in [-0.25, -0.2) is 9.97 Å². The van der Waals surface area contributed by atoms with Gasteiger partial charge in [-0.2, -0.15) is 5.26 Å². The minimum Gasteiger partial charge on any atom is -0.386 e. The SMILES string of the molecule is CC(C)(C)C1CCc2nc3sc(C(=O)NCC#N)cc3cc2C1.CC(C)(C)C1CCc2nc3sc(C(=O)NCC(=N)N)cc3cc2C1. The lowest BCUT2D eigenvalue weighted by molar-refractivity contribution is 0.0954. The van der Waals surface area contributed by atoms with Crippen molar-refractivity contribution in [1.29, 1.82) is 10.7 Å². The largest absolute Gasteiger partial charge is 0.386 e. The molecule has 5 N–H and O–H groups in total. The average molecular weight is 672 g/mol. The highest BCUT2D eigenvalue weighted by Crippen LogP contribution is 2.40. The maximum atomic E-state index is 12.1. The number of carbonyl (C=O) groups is 2. The number of nitrogens with two attached hydrogens (primary N) is 1. The van der Waals surface area contributed by atoms with E-state index in [0.29, 0.717) is 32.4 Å². The minimum absolute atomic E-state index is 0.0320. The van der Waals surface area contributed by atoms with E-state index in [1.54, 1.807) is 0 Å².